The van der Waals surface area contributed by atoms with Crippen molar-refractivity contribution in [3.63, 3.8) is 0 Å². The molecule has 0 fully saturated rings. The molecule has 6 nitrogen and oxygen atoms in total. The molecule has 0 aromatic heterocycles. The van der Waals surface area contributed by atoms with E-state index in [1.165, 1.54) is 0 Å². The molecular formula is C17H17O6P. The summed E-state index contributed by atoms with van der Waals surface area (Å²) in [6, 6.07) is 16.3. The van der Waals surface area contributed by atoms with Gasteiger partial charge in [0.25, 0.3) is 0 Å². The monoisotopic (exact) mass is 348 g/mol. The van der Waals surface area contributed by atoms with Gasteiger partial charge in [0, 0.05) is 25.3 Å². The highest BCUT2D eigenvalue weighted by Gasteiger charge is 2.37. The van der Waals surface area contributed by atoms with Gasteiger partial charge in [0.15, 0.2) is 17.7 Å². The van der Waals surface area contributed by atoms with Crippen LogP contribution in [-0.4, -0.2) is 31.9 Å². The van der Waals surface area contributed by atoms with E-state index in [9.17, 15) is 14.2 Å². The molecule has 0 unspecified atom stereocenters. The Morgan fingerprint density at radius 2 is 1.17 bits per heavy atom. The largest absolute Gasteiger partial charge is 0.475 e. The number of hydrogen-bond donors (Lipinski definition) is 0. The third kappa shape index (κ3) is 4.24. The predicted octanol–water partition coefficient (Wildman–Crippen LogP) is 3.54. The van der Waals surface area contributed by atoms with E-state index >= 15 is 0 Å². The van der Waals surface area contributed by atoms with E-state index in [1.54, 1.807) is 60.7 Å². The van der Waals surface area contributed by atoms with Gasteiger partial charge in [-0.3, -0.25) is 23.2 Å². The molecule has 0 atom stereocenters. The number of hydrogen-bond acceptors (Lipinski definition) is 6. The number of phosphoric acid groups is 1. The van der Waals surface area contributed by atoms with Crippen LogP contribution in [0.4, 0.5) is 0 Å². The molecule has 2 rings (SSSR count). The van der Waals surface area contributed by atoms with E-state index in [2.05, 4.69) is 0 Å². The van der Waals surface area contributed by atoms with Gasteiger partial charge in [-0.2, -0.15) is 0 Å². The zero-order valence-corrected chi connectivity index (χ0v) is 14.1. The minimum absolute atomic E-state index is 0.255. The number of rotatable bonds is 8. The van der Waals surface area contributed by atoms with E-state index < -0.39 is 25.5 Å². The van der Waals surface area contributed by atoms with Crippen LogP contribution in [0.25, 0.3) is 0 Å². The summed E-state index contributed by atoms with van der Waals surface area (Å²) in [5.41, 5.74) is 0.510. The molecule has 0 N–H and O–H groups in total. The second-order valence-corrected chi connectivity index (χ2v) is 6.59. The molecule has 2 aromatic carbocycles. The molecule has 7 heteroatoms. The highest BCUT2D eigenvalue weighted by Crippen LogP contribution is 2.49. The maximum absolute atomic E-state index is 12.7. The highest BCUT2D eigenvalue weighted by atomic mass is 31.2. The summed E-state index contributed by atoms with van der Waals surface area (Å²) >= 11 is 0. The minimum atomic E-state index is -4.03. The molecule has 24 heavy (non-hydrogen) atoms. The van der Waals surface area contributed by atoms with Gasteiger partial charge in [-0.15, -0.1) is 0 Å². The summed E-state index contributed by atoms with van der Waals surface area (Å²) in [5, 5.41) is 0. The number of carbonyl (C=O) groups excluding carboxylic acids is 2. The molecule has 0 radical (unpaired) electrons. The van der Waals surface area contributed by atoms with Crippen molar-refractivity contribution >= 4 is 19.4 Å². The van der Waals surface area contributed by atoms with Crippen LogP contribution in [0, 0.1) is 0 Å². The average molecular weight is 348 g/mol. The van der Waals surface area contributed by atoms with E-state index in [-0.39, 0.29) is 11.1 Å². The lowest BCUT2D eigenvalue weighted by Gasteiger charge is -2.20. The lowest BCUT2D eigenvalue weighted by atomic mass is 9.99. The Morgan fingerprint density at radius 3 is 1.50 bits per heavy atom. The van der Waals surface area contributed by atoms with Gasteiger partial charge in [-0.05, 0) is 0 Å². The van der Waals surface area contributed by atoms with Gasteiger partial charge in [0.1, 0.15) is 0 Å². The van der Waals surface area contributed by atoms with E-state index in [0.717, 1.165) is 14.2 Å². The third-order valence-electron chi connectivity index (χ3n) is 3.27. The summed E-state index contributed by atoms with van der Waals surface area (Å²) in [5.74, 6) is -1.25. The van der Waals surface area contributed by atoms with Crippen molar-refractivity contribution < 1.29 is 27.7 Å². The molecule has 0 aliphatic rings. The van der Waals surface area contributed by atoms with Crippen molar-refractivity contribution in [2.45, 2.75) is 6.10 Å². The van der Waals surface area contributed by atoms with Crippen molar-refractivity contribution in [3.8, 4) is 0 Å². The van der Waals surface area contributed by atoms with Gasteiger partial charge in [-0.25, -0.2) is 4.57 Å². The van der Waals surface area contributed by atoms with Crippen LogP contribution < -0.4 is 0 Å². The van der Waals surface area contributed by atoms with Crippen molar-refractivity contribution in [3.05, 3.63) is 71.8 Å². The Morgan fingerprint density at radius 1 is 0.792 bits per heavy atom. The van der Waals surface area contributed by atoms with Crippen LogP contribution in [0.5, 0.6) is 0 Å². The smallest absolute Gasteiger partial charge is 0.291 e. The quantitative estimate of drug-likeness (QED) is 0.412. The molecule has 0 amide bonds. The van der Waals surface area contributed by atoms with Crippen LogP contribution in [0.1, 0.15) is 20.7 Å². The fourth-order valence-electron chi connectivity index (χ4n) is 2.01. The molecule has 0 aliphatic carbocycles. The number of ketones is 2. The summed E-state index contributed by atoms with van der Waals surface area (Å²) in [6.07, 6.45) is -1.64. The second-order valence-electron chi connectivity index (χ2n) is 4.76. The zero-order chi connectivity index (χ0) is 17.6. The number of benzene rings is 2. The van der Waals surface area contributed by atoms with Crippen molar-refractivity contribution in [2.75, 3.05) is 14.2 Å². The van der Waals surface area contributed by atoms with Crippen LogP contribution in [0.2, 0.25) is 0 Å². The molecule has 126 valence electrons. The zero-order valence-electron chi connectivity index (χ0n) is 13.2. The van der Waals surface area contributed by atoms with E-state index in [0.29, 0.717) is 0 Å². The molecule has 0 saturated heterocycles. The third-order valence-corrected chi connectivity index (χ3v) is 4.64. The number of phosphoric ester groups is 1. The maximum Gasteiger partial charge on any atom is 0.475 e. The Labute approximate surface area is 140 Å². The molecule has 0 saturated carbocycles. The van der Waals surface area contributed by atoms with Gasteiger partial charge < -0.3 is 0 Å². The summed E-state index contributed by atoms with van der Waals surface area (Å²) in [4.78, 5) is 25.4. The van der Waals surface area contributed by atoms with E-state index in [1.807, 2.05) is 0 Å². The van der Waals surface area contributed by atoms with Crippen LogP contribution >= 0.6 is 7.82 Å². The summed E-state index contributed by atoms with van der Waals surface area (Å²) in [6.45, 7) is 0. The molecule has 0 spiro atoms. The first-order chi connectivity index (χ1) is 11.5. The topological polar surface area (TPSA) is 78.9 Å². The van der Waals surface area contributed by atoms with E-state index in [4.69, 9.17) is 13.6 Å². The first kappa shape index (κ1) is 18.2. The Bertz CT molecular complexity index is 685. The number of carbonyl (C=O) groups is 2. The summed E-state index contributed by atoms with van der Waals surface area (Å²) < 4.78 is 26.8. The minimum Gasteiger partial charge on any atom is -0.291 e. The molecular weight excluding hydrogens is 331 g/mol. The lowest BCUT2D eigenvalue weighted by Crippen LogP contribution is -2.33. The fraction of sp³-hybridized carbons (Fsp3) is 0.176. The van der Waals surface area contributed by atoms with Gasteiger partial charge >= 0.3 is 7.82 Å². The van der Waals surface area contributed by atoms with Gasteiger partial charge in [-0.1, -0.05) is 60.7 Å². The average Bonchev–Trinajstić information content (AvgIpc) is 2.66. The maximum atomic E-state index is 12.7. The Balaban J connectivity index is 2.40. The molecule has 2 aromatic rings. The Kier molecular flexibility index (Phi) is 6.17. The molecule has 0 bridgehead atoms. The lowest BCUT2D eigenvalue weighted by molar-refractivity contribution is 0.0559. The van der Waals surface area contributed by atoms with Crippen LogP contribution in [-0.2, 0) is 18.1 Å². The highest BCUT2D eigenvalue weighted by molar-refractivity contribution is 7.48. The first-order valence-electron chi connectivity index (χ1n) is 7.09. The number of Topliss-reactive ketones (excluding diaryl/α,β-unsaturated/α-hetero) is 2. The predicted molar refractivity (Wildman–Crippen MR) is 88.0 cm³/mol. The van der Waals surface area contributed by atoms with Crippen molar-refractivity contribution in [2.24, 2.45) is 0 Å². The van der Waals surface area contributed by atoms with Gasteiger partial charge in [0.05, 0.1) is 0 Å². The standard InChI is InChI=1S/C17H17O6P/c1-21-24(20,22-2)23-17(15(18)13-9-5-3-6-10-13)16(19)14-11-7-4-8-12-14/h3-12,17H,1-2H3. The van der Waals surface area contributed by atoms with Crippen molar-refractivity contribution in [1.29, 1.82) is 0 Å². The normalized spacial score (nSPS) is 11.5. The Hall–Kier alpha value is -2.11. The second kappa shape index (κ2) is 8.13. The van der Waals surface area contributed by atoms with Crippen molar-refractivity contribution in [1.82, 2.24) is 0 Å². The molecule has 0 aliphatic heterocycles. The fourth-order valence-corrected chi connectivity index (χ4v) is 2.78. The SMILES string of the molecule is COP(=O)(OC)OC(C(=O)c1ccccc1)C(=O)c1ccccc1. The van der Waals surface area contributed by atoms with Crippen LogP contribution in [0.3, 0.4) is 0 Å². The van der Waals surface area contributed by atoms with Crippen LogP contribution in [0.15, 0.2) is 60.7 Å². The summed E-state index contributed by atoms with van der Waals surface area (Å²) in [7, 11) is -1.80. The van der Waals surface area contributed by atoms with Gasteiger partial charge in [0.2, 0.25) is 0 Å². The first-order valence-corrected chi connectivity index (χ1v) is 8.55. The molecule has 0 heterocycles.